The minimum atomic E-state index is -0.612. The van der Waals surface area contributed by atoms with Gasteiger partial charge in [-0.1, -0.05) is 6.42 Å². The van der Waals surface area contributed by atoms with E-state index in [-0.39, 0.29) is 17.7 Å². The average molecular weight is 276 g/mol. The molecule has 0 saturated heterocycles. The maximum Gasteiger partial charge on any atom is 0.316 e. The van der Waals surface area contributed by atoms with Crippen LogP contribution in [0.5, 0.6) is 0 Å². The van der Waals surface area contributed by atoms with Crippen LogP contribution >= 0.6 is 0 Å². The molecule has 6 heteroatoms. The molecule has 2 unspecified atom stereocenters. The number of hydrogen-bond donors (Lipinski definition) is 4. The van der Waals surface area contributed by atoms with Gasteiger partial charge in [-0.3, -0.25) is 4.79 Å². The molecule has 1 aliphatic carbocycles. The van der Waals surface area contributed by atoms with Crippen molar-refractivity contribution in [3.05, 3.63) is 24.3 Å². The number of amides is 3. The van der Waals surface area contributed by atoms with E-state index in [0.29, 0.717) is 17.9 Å². The summed E-state index contributed by atoms with van der Waals surface area (Å²) in [6, 6.07) is 6.23. The molecule has 0 aromatic heterocycles. The van der Waals surface area contributed by atoms with Gasteiger partial charge in [0.15, 0.2) is 0 Å². The molecule has 0 heterocycles. The van der Waals surface area contributed by atoms with E-state index in [0.717, 1.165) is 19.3 Å². The monoisotopic (exact) mass is 276 g/mol. The van der Waals surface area contributed by atoms with Gasteiger partial charge in [-0.25, -0.2) is 4.79 Å². The molecule has 0 spiro atoms. The van der Waals surface area contributed by atoms with Gasteiger partial charge in [0, 0.05) is 17.3 Å². The van der Waals surface area contributed by atoms with Gasteiger partial charge < -0.3 is 22.1 Å². The van der Waals surface area contributed by atoms with Crippen LogP contribution in [0.3, 0.4) is 0 Å². The van der Waals surface area contributed by atoms with Crippen LogP contribution in [0, 0.1) is 11.8 Å². The lowest BCUT2D eigenvalue weighted by atomic mass is 9.95. The maximum atomic E-state index is 12.2. The summed E-state index contributed by atoms with van der Waals surface area (Å²) in [7, 11) is 0. The van der Waals surface area contributed by atoms with Gasteiger partial charge in [0.1, 0.15) is 0 Å². The molecule has 1 saturated carbocycles. The minimum absolute atomic E-state index is 0.00317. The Bertz CT molecular complexity index is 486. The summed E-state index contributed by atoms with van der Waals surface area (Å²) in [6.45, 7) is 0.555. The smallest absolute Gasteiger partial charge is 0.316 e. The molecule has 3 amide bonds. The second-order valence-corrected chi connectivity index (χ2v) is 5.09. The second-order valence-electron chi connectivity index (χ2n) is 5.09. The first-order chi connectivity index (χ1) is 9.60. The van der Waals surface area contributed by atoms with Gasteiger partial charge >= 0.3 is 6.03 Å². The third kappa shape index (κ3) is 3.48. The zero-order valence-corrected chi connectivity index (χ0v) is 11.3. The van der Waals surface area contributed by atoms with Gasteiger partial charge in [-0.05, 0) is 49.6 Å². The zero-order chi connectivity index (χ0) is 14.5. The SMILES string of the molecule is NCC1CCCC1C(=O)Nc1ccc(NC(N)=O)cc1. The lowest BCUT2D eigenvalue weighted by Crippen LogP contribution is -2.29. The number of carbonyl (C=O) groups is 2. The highest BCUT2D eigenvalue weighted by atomic mass is 16.2. The number of urea groups is 1. The summed E-state index contributed by atoms with van der Waals surface area (Å²) in [5, 5.41) is 5.36. The Morgan fingerprint density at radius 3 is 2.25 bits per heavy atom. The van der Waals surface area contributed by atoms with Crippen LogP contribution < -0.4 is 22.1 Å². The molecular formula is C14H20N4O2. The summed E-state index contributed by atoms with van der Waals surface area (Å²) >= 11 is 0. The molecule has 0 aliphatic heterocycles. The van der Waals surface area contributed by atoms with Crippen molar-refractivity contribution in [1.29, 1.82) is 0 Å². The van der Waals surface area contributed by atoms with E-state index in [9.17, 15) is 9.59 Å². The maximum absolute atomic E-state index is 12.2. The highest BCUT2D eigenvalue weighted by Gasteiger charge is 2.31. The Balaban J connectivity index is 1.95. The van der Waals surface area contributed by atoms with E-state index in [1.165, 1.54) is 0 Å². The first kappa shape index (κ1) is 14.3. The number of anilines is 2. The quantitative estimate of drug-likeness (QED) is 0.668. The van der Waals surface area contributed by atoms with Crippen molar-refractivity contribution in [2.45, 2.75) is 19.3 Å². The van der Waals surface area contributed by atoms with Crippen LogP contribution in [0.25, 0.3) is 0 Å². The predicted octanol–water partition coefficient (Wildman–Crippen LogP) is 1.49. The molecule has 2 atom stereocenters. The summed E-state index contributed by atoms with van der Waals surface area (Å²) in [6.07, 6.45) is 2.98. The third-order valence-electron chi connectivity index (χ3n) is 3.72. The Kier molecular flexibility index (Phi) is 4.57. The molecule has 20 heavy (non-hydrogen) atoms. The molecule has 6 N–H and O–H groups in total. The van der Waals surface area contributed by atoms with Crippen molar-refractivity contribution in [2.75, 3.05) is 17.2 Å². The fourth-order valence-electron chi connectivity index (χ4n) is 2.68. The number of rotatable bonds is 4. The first-order valence-electron chi connectivity index (χ1n) is 6.77. The number of benzene rings is 1. The van der Waals surface area contributed by atoms with E-state index in [2.05, 4.69) is 10.6 Å². The van der Waals surface area contributed by atoms with Gasteiger partial charge in [-0.2, -0.15) is 0 Å². The molecule has 108 valence electrons. The highest BCUT2D eigenvalue weighted by molar-refractivity contribution is 5.93. The molecule has 6 nitrogen and oxygen atoms in total. The third-order valence-corrected chi connectivity index (χ3v) is 3.72. The molecule has 2 rings (SSSR count). The van der Waals surface area contributed by atoms with E-state index < -0.39 is 6.03 Å². The van der Waals surface area contributed by atoms with E-state index in [1.54, 1.807) is 24.3 Å². The van der Waals surface area contributed by atoms with Crippen LogP contribution in [0.4, 0.5) is 16.2 Å². The largest absolute Gasteiger partial charge is 0.351 e. The van der Waals surface area contributed by atoms with Crippen LogP contribution in [0.2, 0.25) is 0 Å². The van der Waals surface area contributed by atoms with Gasteiger partial charge in [0.2, 0.25) is 5.91 Å². The van der Waals surface area contributed by atoms with E-state index in [1.807, 2.05) is 0 Å². The number of nitrogens with two attached hydrogens (primary N) is 2. The van der Waals surface area contributed by atoms with Gasteiger partial charge in [0.25, 0.3) is 0 Å². The van der Waals surface area contributed by atoms with Crippen molar-refractivity contribution >= 4 is 23.3 Å². The van der Waals surface area contributed by atoms with E-state index in [4.69, 9.17) is 11.5 Å². The van der Waals surface area contributed by atoms with Crippen LogP contribution in [-0.2, 0) is 4.79 Å². The van der Waals surface area contributed by atoms with Crippen LogP contribution in [-0.4, -0.2) is 18.5 Å². The minimum Gasteiger partial charge on any atom is -0.351 e. The lowest BCUT2D eigenvalue weighted by molar-refractivity contribution is -0.120. The van der Waals surface area contributed by atoms with Crippen molar-refractivity contribution < 1.29 is 9.59 Å². The summed E-state index contributed by atoms with van der Waals surface area (Å²) < 4.78 is 0. The fraction of sp³-hybridized carbons (Fsp3) is 0.429. The van der Waals surface area contributed by atoms with Crippen molar-refractivity contribution in [3.63, 3.8) is 0 Å². The summed E-state index contributed by atoms with van der Waals surface area (Å²) in [5.74, 6) is 0.308. The number of primary amides is 1. The van der Waals surface area contributed by atoms with Crippen LogP contribution in [0.1, 0.15) is 19.3 Å². The lowest BCUT2D eigenvalue weighted by Gasteiger charge is -2.17. The van der Waals surface area contributed by atoms with Gasteiger partial charge in [-0.15, -0.1) is 0 Å². The van der Waals surface area contributed by atoms with Crippen LogP contribution in [0.15, 0.2) is 24.3 Å². The molecule has 1 fully saturated rings. The predicted molar refractivity (Wildman–Crippen MR) is 78.2 cm³/mol. The van der Waals surface area contributed by atoms with Crippen molar-refractivity contribution in [2.24, 2.45) is 23.3 Å². The molecule has 1 aromatic rings. The Hall–Kier alpha value is -2.08. The van der Waals surface area contributed by atoms with Crippen molar-refractivity contribution in [1.82, 2.24) is 0 Å². The number of nitrogens with one attached hydrogen (secondary N) is 2. The molecule has 1 aliphatic rings. The highest BCUT2D eigenvalue weighted by Crippen LogP contribution is 2.31. The molecular weight excluding hydrogens is 256 g/mol. The first-order valence-corrected chi connectivity index (χ1v) is 6.77. The second kappa shape index (κ2) is 6.38. The zero-order valence-electron chi connectivity index (χ0n) is 11.3. The normalized spacial score (nSPS) is 21.4. The fourth-order valence-corrected chi connectivity index (χ4v) is 2.68. The molecule has 1 aromatic carbocycles. The average Bonchev–Trinajstić information content (AvgIpc) is 2.89. The summed E-state index contributed by atoms with van der Waals surface area (Å²) in [4.78, 5) is 22.9. The Labute approximate surface area is 117 Å². The topological polar surface area (TPSA) is 110 Å². The number of hydrogen-bond acceptors (Lipinski definition) is 3. The Morgan fingerprint density at radius 1 is 1.10 bits per heavy atom. The summed E-state index contributed by atoms with van der Waals surface area (Å²) in [5.41, 5.74) is 12.0. The van der Waals surface area contributed by atoms with E-state index >= 15 is 0 Å². The molecule has 0 bridgehead atoms. The number of carbonyl (C=O) groups excluding carboxylic acids is 2. The standard InChI is InChI=1S/C14H20N4O2/c15-8-9-2-1-3-12(9)13(19)17-10-4-6-11(7-5-10)18-14(16)20/h4-7,9,12H,1-3,8,15H2,(H,17,19)(H3,16,18,20). The Morgan fingerprint density at radius 2 is 1.70 bits per heavy atom. The van der Waals surface area contributed by atoms with Crippen molar-refractivity contribution in [3.8, 4) is 0 Å². The molecule has 0 radical (unpaired) electrons. The van der Waals surface area contributed by atoms with Gasteiger partial charge in [0.05, 0.1) is 0 Å².